The van der Waals surface area contributed by atoms with Crippen LogP contribution in [-0.4, -0.2) is 31.8 Å². The van der Waals surface area contributed by atoms with Gasteiger partial charge in [0.15, 0.2) is 0 Å². The Morgan fingerprint density at radius 3 is 1.96 bits per heavy atom. The highest BCUT2D eigenvalue weighted by atomic mass is 35.5. The van der Waals surface area contributed by atoms with Crippen LogP contribution < -0.4 is 5.32 Å². The number of nitrogens with one attached hydrogen (secondary N) is 1. The number of halogens is 1. The van der Waals surface area contributed by atoms with E-state index in [9.17, 15) is 0 Å². The number of phenolic OH excluding ortho intramolecular Hbond substituents is 1. The summed E-state index contributed by atoms with van der Waals surface area (Å²) in [6.45, 7) is 12.4. The molecule has 1 aliphatic carbocycles. The second-order valence-electron chi connectivity index (χ2n) is 5.80. The van der Waals surface area contributed by atoms with E-state index in [0.717, 1.165) is 17.5 Å². The van der Waals surface area contributed by atoms with Crippen molar-refractivity contribution in [3.8, 4) is 5.75 Å². The lowest BCUT2D eigenvalue weighted by molar-refractivity contribution is -0.0987. The quantitative estimate of drug-likeness (QED) is 0.711. The third-order valence-corrected chi connectivity index (χ3v) is 4.05. The summed E-state index contributed by atoms with van der Waals surface area (Å²) in [5, 5.41) is 12.9. The standard InChI is InChI=1S/C8H17N.C7H7ClO.C3H8.2CH2O/c1-7-5-3-4-6-8(7)9-2;1-5-4-6(9)2-3-7(5)8;1-3-2;2*1-2/h7-9H,3-6H2,1-2H3;2-4,9H,1H3;3H2,1-2H3;2*1H2/t7-,8?;;;;/m0..../s1. The molecule has 2 rings (SSSR count). The Morgan fingerprint density at radius 2 is 1.64 bits per heavy atom. The first-order valence-corrected chi connectivity index (χ1v) is 9.04. The lowest BCUT2D eigenvalue weighted by Gasteiger charge is -2.27. The normalized spacial score (nSPS) is 17.7. The molecule has 1 aliphatic rings. The highest BCUT2D eigenvalue weighted by Crippen LogP contribution is 2.23. The third-order valence-electron chi connectivity index (χ3n) is 3.62. The van der Waals surface area contributed by atoms with Crippen molar-refractivity contribution in [1.29, 1.82) is 0 Å². The molecule has 0 spiro atoms. The zero-order chi connectivity index (χ0) is 20.3. The maximum atomic E-state index is 8.88. The summed E-state index contributed by atoms with van der Waals surface area (Å²) in [6.07, 6.45) is 6.93. The summed E-state index contributed by atoms with van der Waals surface area (Å²) in [5.74, 6) is 1.17. The van der Waals surface area contributed by atoms with Crippen molar-refractivity contribution in [2.24, 2.45) is 5.92 Å². The van der Waals surface area contributed by atoms with Gasteiger partial charge < -0.3 is 20.0 Å². The van der Waals surface area contributed by atoms with E-state index in [1.54, 1.807) is 18.2 Å². The lowest BCUT2D eigenvalue weighted by atomic mass is 9.86. The first-order valence-electron chi connectivity index (χ1n) is 8.66. The van der Waals surface area contributed by atoms with Crippen LogP contribution in [0, 0.1) is 12.8 Å². The van der Waals surface area contributed by atoms with E-state index >= 15 is 0 Å². The van der Waals surface area contributed by atoms with Crippen LogP contribution >= 0.6 is 11.6 Å². The highest BCUT2D eigenvalue weighted by Gasteiger charge is 2.18. The molecule has 2 N–H and O–H groups in total. The smallest absolute Gasteiger partial charge is 0.115 e. The monoisotopic (exact) mass is 373 g/mol. The van der Waals surface area contributed by atoms with Crippen molar-refractivity contribution >= 4 is 25.2 Å². The fourth-order valence-corrected chi connectivity index (χ4v) is 2.49. The van der Waals surface area contributed by atoms with Crippen LogP contribution in [-0.2, 0) is 9.59 Å². The van der Waals surface area contributed by atoms with Gasteiger partial charge in [0, 0.05) is 11.1 Å². The maximum absolute atomic E-state index is 8.88. The average molecular weight is 374 g/mol. The summed E-state index contributed by atoms with van der Waals surface area (Å²) >= 11 is 5.67. The van der Waals surface area contributed by atoms with Gasteiger partial charge in [0.25, 0.3) is 0 Å². The fraction of sp³-hybridized carbons (Fsp3) is 0.600. The van der Waals surface area contributed by atoms with Gasteiger partial charge in [-0.05, 0) is 56.5 Å². The van der Waals surface area contributed by atoms with Crippen LogP contribution in [0.15, 0.2) is 18.2 Å². The van der Waals surface area contributed by atoms with Crippen LogP contribution in [0.1, 0.15) is 58.4 Å². The van der Waals surface area contributed by atoms with Crippen molar-refractivity contribution in [1.82, 2.24) is 5.32 Å². The molecule has 0 amide bonds. The Hall–Kier alpha value is -1.39. The topological polar surface area (TPSA) is 66.4 Å². The molecule has 5 heteroatoms. The lowest BCUT2D eigenvalue weighted by Crippen LogP contribution is -2.34. The molecule has 146 valence electrons. The van der Waals surface area contributed by atoms with Crippen molar-refractivity contribution in [2.45, 2.75) is 65.8 Å². The van der Waals surface area contributed by atoms with Gasteiger partial charge in [-0.3, -0.25) is 0 Å². The molecule has 1 aromatic carbocycles. The molecule has 0 aromatic heterocycles. The molecule has 0 bridgehead atoms. The zero-order valence-electron chi connectivity index (χ0n) is 16.5. The predicted molar refractivity (Wildman–Crippen MR) is 109 cm³/mol. The van der Waals surface area contributed by atoms with Crippen LogP contribution in [0.5, 0.6) is 5.75 Å². The number of carbonyl (C=O) groups is 2. The number of rotatable bonds is 1. The molecule has 2 atom stereocenters. The number of hydrogen-bond acceptors (Lipinski definition) is 4. The van der Waals surface area contributed by atoms with E-state index in [2.05, 4.69) is 33.1 Å². The fourth-order valence-electron chi connectivity index (χ4n) is 2.37. The van der Waals surface area contributed by atoms with Gasteiger partial charge in [0.2, 0.25) is 0 Å². The molecule has 1 saturated carbocycles. The van der Waals surface area contributed by atoms with Gasteiger partial charge in [-0.2, -0.15) is 0 Å². The Balaban J connectivity index is -0.000000287. The summed E-state index contributed by atoms with van der Waals surface area (Å²) in [4.78, 5) is 16.0. The molecule has 0 radical (unpaired) electrons. The third kappa shape index (κ3) is 15.9. The van der Waals surface area contributed by atoms with Crippen molar-refractivity contribution in [3.05, 3.63) is 28.8 Å². The Labute approximate surface area is 159 Å². The van der Waals surface area contributed by atoms with Crippen molar-refractivity contribution < 1.29 is 14.7 Å². The summed E-state index contributed by atoms with van der Waals surface area (Å²) in [6, 6.07) is 5.67. The van der Waals surface area contributed by atoms with E-state index in [4.69, 9.17) is 26.3 Å². The minimum Gasteiger partial charge on any atom is -0.508 e. The Morgan fingerprint density at radius 1 is 1.16 bits per heavy atom. The Bertz CT molecular complexity index is 414. The molecule has 1 unspecified atom stereocenters. The van der Waals surface area contributed by atoms with Gasteiger partial charge in [0.05, 0.1) is 0 Å². The predicted octanol–water partition coefficient (Wildman–Crippen LogP) is 5.19. The number of benzene rings is 1. The number of phenols is 1. The maximum Gasteiger partial charge on any atom is 0.115 e. The highest BCUT2D eigenvalue weighted by molar-refractivity contribution is 6.31. The SMILES string of the molecule is C=O.C=O.CCC.CNC1CCCC[C@@H]1C.Cc1cc(O)ccc1Cl. The van der Waals surface area contributed by atoms with Crippen LogP contribution in [0.3, 0.4) is 0 Å². The molecule has 1 fully saturated rings. The average Bonchev–Trinajstić information content (AvgIpc) is 2.64. The van der Waals surface area contributed by atoms with E-state index in [0.29, 0.717) is 5.02 Å². The first-order chi connectivity index (χ1) is 12.0. The Kier molecular flexibility index (Phi) is 23.5. The summed E-state index contributed by atoms with van der Waals surface area (Å²) in [5.41, 5.74) is 0.900. The molecule has 0 heterocycles. The van der Waals surface area contributed by atoms with Crippen LogP contribution in [0.2, 0.25) is 5.02 Å². The molecular formula is C20H36ClNO3. The minimum absolute atomic E-state index is 0.261. The molecule has 0 saturated heterocycles. The second kappa shape index (κ2) is 20.7. The van der Waals surface area contributed by atoms with Crippen LogP contribution in [0.4, 0.5) is 0 Å². The van der Waals surface area contributed by atoms with E-state index < -0.39 is 0 Å². The largest absolute Gasteiger partial charge is 0.508 e. The summed E-state index contributed by atoms with van der Waals surface area (Å²) in [7, 11) is 2.08. The van der Waals surface area contributed by atoms with Gasteiger partial charge in [-0.1, -0.05) is 51.6 Å². The number of aryl methyl sites for hydroxylation is 1. The minimum atomic E-state index is 0.261. The number of carbonyl (C=O) groups excluding carboxylic acids is 2. The van der Waals surface area contributed by atoms with Gasteiger partial charge >= 0.3 is 0 Å². The number of aromatic hydroxyl groups is 1. The second-order valence-corrected chi connectivity index (χ2v) is 6.20. The van der Waals surface area contributed by atoms with Gasteiger partial charge in [-0.15, -0.1) is 0 Å². The zero-order valence-corrected chi connectivity index (χ0v) is 17.2. The molecule has 1 aromatic rings. The van der Waals surface area contributed by atoms with E-state index in [1.807, 2.05) is 20.5 Å². The van der Waals surface area contributed by atoms with Gasteiger partial charge in [-0.25, -0.2) is 0 Å². The molecule has 0 aliphatic heterocycles. The molecule has 25 heavy (non-hydrogen) atoms. The first kappa shape index (κ1) is 28.4. The van der Waals surface area contributed by atoms with E-state index in [1.165, 1.54) is 32.1 Å². The number of hydrogen-bond donors (Lipinski definition) is 2. The molecule has 4 nitrogen and oxygen atoms in total. The van der Waals surface area contributed by atoms with Crippen LogP contribution in [0.25, 0.3) is 0 Å². The van der Waals surface area contributed by atoms with Gasteiger partial charge in [0.1, 0.15) is 19.3 Å². The van der Waals surface area contributed by atoms with E-state index in [-0.39, 0.29) is 5.75 Å². The summed E-state index contributed by atoms with van der Waals surface area (Å²) < 4.78 is 0. The van der Waals surface area contributed by atoms with Crippen molar-refractivity contribution in [3.63, 3.8) is 0 Å². The molecular weight excluding hydrogens is 338 g/mol. The van der Waals surface area contributed by atoms with Crippen molar-refractivity contribution in [2.75, 3.05) is 7.05 Å².